The molecule has 0 bridgehead atoms. The Labute approximate surface area is 121 Å². The van der Waals surface area contributed by atoms with Gasteiger partial charge in [-0.05, 0) is 25.8 Å². The lowest BCUT2D eigenvalue weighted by Gasteiger charge is -2.30. The molecule has 9 heteroatoms. The van der Waals surface area contributed by atoms with Gasteiger partial charge in [-0.3, -0.25) is 0 Å². The molecule has 0 radical (unpaired) electrons. The number of nitrogens with zero attached hydrogens (tertiary/aromatic N) is 3. The van der Waals surface area contributed by atoms with E-state index in [-0.39, 0.29) is 24.0 Å². The zero-order valence-electron chi connectivity index (χ0n) is 11.7. The van der Waals surface area contributed by atoms with Gasteiger partial charge in [0.1, 0.15) is 11.5 Å². The number of piperidine rings is 1. The molecular weight excluding hydrogens is 307 g/mol. The molecule has 1 fully saturated rings. The molecule has 2 rings (SSSR count). The van der Waals surface area contributed by atoms with Crippen LogP contribution >= 0.6 is 0 Å². The van der Waals surface area contributed by atoms with Crippen LogP contribution in [0.2, 0.25) is 0 Å². The Kier molecular flexibility index (Phi) is 4.25. The molecule has 0 N–H and O–H groups in total. The molecule has 1 atom stereocenters. The Balaban J connectivity index is 2.31. The molecule has 1 aliphatic heterocycles. The number of alkyl halides is 3. The molecule has 1 aromatic heterocycles. The first kappa shape index (κ1) is 16.2. The summed E-state index contributed by atoms with van der Waals surface area (Å²) in [5, 5.41) is 0. The van der Waals surface area contributed by atoms with Crippen LogP contribution in [0, 0.1) is 6.92 Å². The number of hydrogen-bond donors (Lipinski definition) is 0. The monoisotopic (exact) mass is 323 g/mol. The van der Waals surface area contributed by atoms with Crippen molar-refractivity contribution in [2.75, 3.05) is 19.3 Å². The van der Waals surface area contributed by atoms with Crippen LogP contribution < -0.4 is 0 Å². The lowest BCUT2D eigenvalue weighted by Crippen LogP contribution is -2.38. The third-order valence-electron chi connectivity index (χ3n) is 3.42. The molecule has 0 amide bonds. The van der Waals surface area contributed by atoms with Crippen LogP contribution in [0.3, 0.4) is 0 Å². The summed E-state index contributed by atoms with van der Waals surface area (Å²) in [6.45, 7) is 1.95. The van der Waals surface area contributed by atoms with Crippen molar-refractivity contribution in [1.29, 1.82) is 0 Å². The van der Waals surface area contributed by atoms with Crippen LogP contribution in [0.4, 0.5) is 13.2 Å². The van der Waals surface area contributed by atoms with Gasteiger partial charge in [0.15, 0.2) is 0 Å². The van der Waals surface area contributed by atoms with Gasteiger partial charge in [0.2, 0.25) is 10.0 Å². The first-order valence-corrected chi connectivity index (χ1v) is 8.30. The maximum Gasteiger partial charge on any atom is 0.433 e. The molecule has 0 aliphatic carbocycles. The smallest absolute Gasteiger partial charge is 0.238 e. The van der Waals surface area contributed by atoms with Gasteiger partial charge in [-0.2, -0.15) is 13.2 Å². The maximum atomic E-state index is 12.8. The van der Waals surface area contributed by atoms with Crippen LogP contribution in [0.5, 0.6) is 0 Å². The third-order valence-corrected chi connectivity index (χ3v) is 4.69. The van der Waals surface area contributed by atoms with E-state index < -0.39 is 21.9 Å². The van der Waals surface area contributed by atoms with Crippen LogP contribution in [0.25, 0.3) is 0 Å². The molecule has 1 saturated heterocycles. The van der Waals surface area contributed by atoms with E-state index in [2.05, 4.69) is 9.97 Å². The Morgan fingerprint density at radius 1 is 1.33 bits per heavy atom. The Morgan fingerprint density at radius 2 is 2.00 bits per heavy atom. The second-order valence-electron chi connectivity index (χ2n) is 5.18. The average molecular weight is 323 g/mol. The summed E-state index contributed by atoms with van der Waals surface area (Å²) in [5.41, 5.74) is -0.732. The summed E-state index contributed by atoms with van der Waals surface area (Å²) in [6, 6.07) is 0.920. The molecule has 1 unspecified atom stereocenters. The third kappa shape index (κ3) is 3.91. The highest BCUT2D eigenvalue weighted by molar-refractivity contribution is 7.88. The lowest BCUT2D eigenvalue weighted by molar-refractivity contribution is -0.141. The van der Waals surface area contributed by atoms with Crippen LogP contribution in [-0.4, -0.2) is 42.0 Å². The minimum atomic E-state index is -4.53. The van der Waals surface area contributed by atoms with Crippen LogP contribution in [0.15, 0.2) is 6.07 Å². The molecular formula is C12H16F3N3O2S. The van der Waals surface area contributed by atoms with E-state index in [9.17, 15) is 21.6 Å². The Bertz CT molecular complexity index is 631. The number of sulfonamides is 1. The fraction of sp³-hybridized carbons (Fsp3) is 0.667. The fourth-order valence-corrected chi connectivity index (χ4v) is 3.34. The number of rotatable bonds is 2. The van der Waals surface area contributed by atoms with E-state index in [1.807, 2.05) is 0 Å². The highest BCUT2D eigenvalue weighted by atomic mass is 32.2. The van der Waals surface area contributed by atoms with E-state index in [1.165, 1.54) is 11.2 Å². The van der Waals surface area contributed by atoms with E-state index in [4.69, 9.17) is 0 Å². The van der Waals surface area contributed by atoms with E-state index in [0.29, 0.717) is 19.4 Å². The normalized spacial score (nSPS) is 21.5. The Hall–Kier alpha value is -1.22. The molecule has 5 nitrogen and oxygen atoms in total. The standard InChI is InChI=1S/C12H16F3N3O2S/c1-8-16-10(6-11(17-8)12(13,14)15)9-4-3-5-18(7-9)21(2,19)20/h6,9H,3-5,7H2,1-2H3. The topological polar surface area (TPSA) is 63.2 Å². The number of halogens is 3. The zero-order valence-corrected chi connectivity index (χ0v) is 12.5. The molecule has 118 valence electrons. The first-order chi connectivity index (χ1) is 9.57. The van der Waals surface area contributed by atoms with Crippen LogP contribution in [-0.2, 0) is 16.2 Å². The summed E-state index contributed by atoms with van der Waals surface area (Å²) in [6.07, 6.45) is -2.22. The Morgan fingerprint density at radius 3 is 2.57 bits per heavy atom. The van der Waals surface area contributed by atoms with Crippen molar-refractivity contribution in [2.24, 2.45) is 0 Å². The molecule has 21 heavy (non-hydrogen) atoms. The van der Waals surface area contributed by atoms with Gasteiger partial charge in [0, 0.05) is 24.7 Å². The quantitative estimate of drug-likeness (QED) is 0.834. The highest BCUT2D eigenvalue weighted by Crippen LogP contribution is 2.32. The second-order valence-corrected chi connectivity index (χ2v) is 7.17. The average Bonchev–Trinajstić information content (AvgIpc) is 2.36. The van der Waals surface area contributed by atoms with Gasteiger partial charge >= 0.3 is 6.18 Å². The van der Waals surface area contributed by atoms with Crippen molar-refractivity contribution >= 4 is 10.0 Å². The van der Waals surface area contributed by atoms with Crippen molar-refractivity contribution in [2.45, 2.75) is 31.9 Å². The van der Waals surface area contributed by atoms with E-state index in [0.717, 1.165) is 12.3 Å². The fourth-order valence-electron chi connectivity index (χ4n) is 2.43. The van der Waals surface area contributed by atoms with Gasteiger partial charge in [-0.1, -0.05) is 0 Å². The van der Waals surface area contributed by atoms with Crippen molar-refractivity contribution in [3.05, 3.63) is 23.3 Å². The number of hydrogen-bond acceptors (Lipinski definition) is 4. The van der Waals surface area contributed by atoms with E-state index in [1.54, 1.807) is 0 Å². The van der Waals surface area contributed by atoms with Gasteiger partial charge in [0.25, 0.3) is 0 Å². The second kappa shape index (κ2) is 5.53. The lowest BCUT2D eigenvalue weighted by atomic mass is 9.95. The zero-order chi connectivity index (χ0) is 15.8. The van der Waals surface area contributed by atoms with Gasteiger partial charge in [-0.25, -0.2) is 22.7 Å². The number of aryl methyl sites for hydroxylation is 1. The summed E-state index contributed by atoms with van der Waals surface area (Å²) in [5.74, 6) is -0.299. The predicted octanol–water partition coefficient (Wildman–Crippen LogP) is 1.94. The van der Waals surface area contributed by atoms with Gasteiger partial charge in [-0.15, -0.1) is 0 Å². The van der Waals surface area contributed by atoms with Crippen molar-refractivity contribution in [3.63, 3.8) is 0 Å². The van der Waals surface area contributed by atoms with Crippen LogP contribution in [0.1, 0.15) is 36.0 Å². The summed E-state index contributed by atoms with van der Waals surface area (Å²) >= 11 is 0. The minimum Gasteiger partial charge on any atom is -0.238 e. The summed E-state index contributed by atoms with van der Waals surface area (Å²) < 4.78 is 62.8. The van der Waals surface area contributed by atoms with Gasteiger partial charge < -0.3 is 0 Å². The maximum absolute atomic E-state index is 12.8. The highest BCUT2D eigenvalue weighted by Gasteiger charge is 2.35. The first-order valence-electron chi connectivity index (χ1n) is 6.45. The summed E-state index contributed by atoms with van der Waals surface area (Å²) in [4.78, 5) is 7.45. The predicted molar refractivity (Wildman–Crippen MR) is 70.2 cm³/mol. The molecule has 0 aromatic carbocycles. The molecule has 0 spiro atoms. The minimum absolute atomic E-state index is 0.0382. The van der Waals surface area contributed by atoms with Crippen molar-refractivity contribution in [3.8, 4) is 0 Å². The molecule has 2 heterocycles. The van der Waals surface area contributed by atoms with E-state index >= 15 is 0 Å². The van der Waals surface area contributed by atoms with Crippen molar-refractivity contribution < 1.29 is 21.6 Å². The summed E-state index contributed by atoms with van der Waals surface area (Å²) in [7, 11) is -3.35. The molecule has 1 aromatic rings. The number of aromatic nitrogens is 2. The molecule has 0 saturated carbocycles. The molecule has 1 aliphatic rings. The van der Waals surface area contributed by atoms with Gasteiger partial charge in [0.05, 0.1) is 6.26 Å². The van der Waals surface area contributed by atoms with Crippen molar-refractivity contribution in [1.82, 2.24) is 14.3 Å². The SMILES string of the molecule is Cc1nc(C2CCCN(S(C)(=O)=O)C2)cc(C(F)(F)F)n1. The largest absolute Gasteiger partial charge is 0.433 e.